The Balaban J connectivity index is 1.45. The summed E-state index contributed by atoms with van der Waals surface area (Å²) in [4.78, 5) is 44.4. The van der Waals surface area contributed by atoms with Gasteiger partial charge in [0.25, 0.3) is 11.1 Å². The molecule has 10 heteroatoms. The van der Waals surface area contributed by atoms with Crippen molar-refractivity contribution in [2.75, 3.05) is 36.0 Å². The summed E-state index contributed by atoms with van der Waals surface area (Å²) in [5.74, 6) is 0.798. The lowest BCUT2D eigenvalue weighted by atomic mass is 10.3. The van der Waals surface area contributed by atoms with Crippen LogP contribution in [-0.4, -0.2) is 57.3 Å². The largest absolute Gasteiger partial charge is 0.365 e. The Labute approximate surface area is 153 Å². The molecule has 0 bridgehead atoms. The average molecular weight is 369 g/mol. The number of hydrogen-bond donors (Lipinski definition) is 1. The van der Waals surface area contributed by atoms with E-state index in [4.69, 9.17) is 0 Å². The van der Waals surface area contributed by atoms with Gasteiger partial charge in [-0.15, -0.1) is 0 Å². The Kier molecular flexibility index (Phi) is 4.48. The van der Waals surface area contributed by atoms with Gasteiger partial charge in [-0.1, -0.05) is 0 Å². The SMILES string of the molecule is O=C1NC(=O)/C(=C/c2nccc(N3CCN(c4cncnc4)CC3)n2)S1. The van der Waals surface area contributed by atoms with E-state index in [1.165, 1.54) is 12.4 Å². The first-order valence-electron chi connectivity index (χ1n) is 8.02. The molecule has 0 atom stereocenters. The van der Waals surface area contributed by atoms with Crippen molar-refractivity contribution in [1.29, 1.82) is 0 Å². The summed E-state index contributed by atoms with van der Waals surface area (Å²) >= 11 is 0.857. The number of amides is 2. The minimum Gasteiger partial charge on any atom is -0.365 e. The molecule has 0 aromatic carbocycles. The molecule has 132 valence electrons. The van der Waals surface area contributed by atoms with Gasteiger partial charge in [-0.25, -0.2) is 19.9 Å². The van der Waals surface area contributed by atoms with Crippen LogP contribution in [0.25, 0.3) is 6.08 Å². The fourth-order valence-corrected chi connectivity index (χ4v) is 3.45. The molecule has 2 aromatic heterocycles. The first-order valence-corrected chi connectivity index (χ1v) is 8.83. The smallest absolute Gasteiger partial charge is 0.290 e. The van der Waals surface area contributed by atoms with Gasteiger partial charge in [0.05, 0.1) is 23.0 Å². The van der Waals surface area contributed by atoms with E-state index in [2.05, 4.69) is 35.1 Å². The van der Waals surface area contributed by atoms with Gasteiger partial charge in [-0.3, -0.25) is 14.9 Å². The van der Waals surface area contributed by atoms with Crippen molar-refractivity contribution in [2.45, 2.75) is 0 Å². The number of thioether (sulfide) groups is 1. The second kappa shape index (κ2) is 7.08. The Morgan fingerprint density at radius 2 is 1.81 bits per heavy atom. The first-order chi connectivity index (χ1) is 12.7. The Bertz CT molecular complexity index is 866. The van der Waals surface area contributed by atoms with E-state index < -0.39 is 5.91 Å². The van der Waals surface area contributed by atoms with E-state index in [1.54, 1.807) is 6.20 Å². The standard InChI is InChI=1S/C16H15N7O2S/c24-15-12(26-16(25)21-15)7-13-19-2-1-14(20-13)23-5-3-22(4-6-23)11-8-17-10-18-9-11/h1-2,7-10H,3-6H2,(H,21,24,25)/b12-7-. The molecular weight excluding hydrogens is 354 g/mol. The Morgan fingerprint density at radius 1 is 1.08 bits per heavy atom. The van der Waals surface area contributed by atoms with Crippen LogP contribution in [0.5, 0.6) is 0 Å². The predicted octanol–water partition coefficient (Wildman–Crippen LogP) is 0.917. The first kappa shape index (κ1) is 16.5. The number of piperazine rings is 1. The summed E-state index contributed by atoms with van der Waals surface area (Å²) in [5.41, 5.74) is 1.01. The van der Waals surface area contributed by atoms with E-state index in [-0.39, 0.29) is 5.24 Å². The number of carbonyl (C=O) groups is 2. The Hall–Kier alpha value is -3.01. The second-order valence-electron chi connectivity index (χ2n) is 5.70. The predicted molar refractivity (Wildman–Crippen MR) is 97.6 cm³/mol. The maximum absolute atomic E-state index is 11.6. The number of nitrogens with zero attached hydrogens (tertiary/aromatic N) is 6. The van der Waals surface area contributed by atoms with Crippen LogP contribution in [0.1, 0.15) is 5.82 Å². The van der Waals surface area contributed by atoms with Crippen molar-refractivity contribution in [1.82, 2.24) is 25.3 Å². The number of imide groups is 1. The lowest BCUT2D eigenvalue weighted by Crippen LogP contribution is -2.47. The summed E-state index contributed by atoms with van der Waals surface area (Å²) < 4.78 is 0. The topological polar surface area (TPSA) is 104 Å². The van der Waals surface area contributed by atoms with Crippen LogP contribution >= 0.6 is 11.8 Å². The molecule has 4 rings (SSSR count). The zero-order chi connectivity index (χ0) is 17.9. The molecule has 2 aliphatic rings. The molecule has 2 aliphatic heterocycles. The van der Waals surface area contributed by atoms with E-state index in [0.29, 0.717) is 10.7 Å². The van der Waals surface area contributed by atoms with Crippen molar-refractivity contribution >= 4 is 40.5 Å². The van der Waals surface area contributed by atoms with Crippen molar-refractivity contribution in [2.24, 2.45) is 0 Å². The zero-order valence-corrected chi connectivity index (χ0v) is 14.5. The minimum atomic E-state index is -0.410. The number of anilines is 2. The molecular formula is C16H15N7O2S. The van der Waals surface area contributed by atoms with Gasteiger partial charge in [0.1, 0.15) is 12.1 Å². The van der Waals surface area contributed by atoms with E-state index >= 15 is 0 Å². The molecule has 0 unspecified atom stereocenters. The van der Waals surface area contributed by atoms with Crippen LogP contribution in [0.3, 0.4) is 0 Å². The van der Waals surface area contributed by atoms with Gasteiger partial charge >= 0.3 is 0 Å². The van der Waals surface area contributed by atoms with Crippen LogP contribution < -0.4 is 15.1 Å². The molecule has 1 N–H and O–H groups in total. The molecule has 0 spiro atoms. The molecule has 0 aliphatic carbocycles. The summed E-state index contributed by atoms with van der Waals surface area (Å²) in [5, 5.41) is 1.84. The van der Waals surface area contributed by atoms with Crippen LogP contribution in [0.4, 0.5) is 16.3 Å². The second-order valence-corrected chi connectivity index (χ2v) is 6.71. The third kappa shape index (κ3) is 3.49. The molecule has 9 nitrogen and oxygen atoms in total. The maximum atomic E-state index is 11.6. The van der Waals surface area contributed by atoms with Crippen LogP contribution in [0.15, 0.2) is 35.9 Å². The number of hydrogen-bond acceptors (Lipinski definition) is 9. The summed E-state index contributed by atoms with van der Waals surface area (Å²) in [6.07, 6.45) is 8.33. The lowest BCUT2D eigenvalue weighted by molar-refractivity contribution is -0.115. The number of carbonyl (C=O) groups excluding carboxylic acids is 2. The minimum absolute atomic E-state index is 0.307. The maximum Gasteiger partial charge on any atom is 0.290 e. The Morgan fingerprint density at radius 3 is 2.50 bits per heavy atom. The van der Waals surface area contributed by atoms with Crippen LogP contribution in [0.2, 0.25) is 0 Å². The normalized spacial score (nSPS) is 19.2. The molecule has 2 aromatic rings. The quantitative estimate of drug-likeness (QED) is 0.791. The molecule has 2 fully saturated rings. The van der Waals surface area contributed by atoms with Crippen molar-refractivity contribution in [3.63, 3.8) is 0 Å². The van der Waals surface area contributed by atoms with Gasteiger partial charge in [-0.2, -0.15) is 0 Å². The fraction of sp³-hybridized carbons (Fsp3) is 0.250. The number of rotatable bonds is 3. The van der Waals surface area contributed by atoms with E-state index in [1.807, 2.05) is 18.5 Å². The molecule has 26 heavy (non-hydrogen) atoms. The molecule has 2 amide bonds. The summed E-state index contributed by atoms with van der Waals surface area (Å²) in [6, 6.07) is 1.84. The van der Waals surface area contributed by atoms with Gasteiger partial charge in [-0.05, 0) is 17.8 Å². The summed E-state index contributed by atoms with van der Waals surface area (Å²) in [7, 11) is 0. The third-order valence-corrected chi connectivity index (χ3v) is 4.89. The molecule has 2 saturated heterocycles. The van der Waals surface area contributed by atoms with Crippen molar-refractivity contribution in [3.05, 3.63) is 41.7 Å². The molecule has 4 heterocycles. The monoisotopic (exact) mass is 369 g/mol. The molecule has 0 saturated carbocycles. The molecule has 0 radical (unpaired) electrons. The zero-order valence-electron chi connectivity index (χ0n) is 13.7. The highest BCUT2D eigenvalue weighted by atomic mass is 32.2. The number of aromatic nitrogens is 4. The summed E-state index contributed by atoms with van der Waals surface area (Å²) in [6.45, 7) is 3.27. The highest BCUT2D eigenvalue weighted by Crippen LogP contribution is 2.25. The fourth-order valence-electron chi connectivity index (χ4n) is 2.80. The van der Waals surface area contributed by atoms with Crippen LogP contribution in [-0.2, 0) is 4.79 Å². The van der Waals surface area contributed by atoms with Gasteiger partial charge in [0, 0.05) is 38.5 Å². The number of nitrogens with one attached hydrogen (secondary N) is 1. The van der Waals surface area contributed by atoms with E-state index in [9.17, 15) is 9.59 Å². The van der Waals surface area contributed by atoms with Gasteiger partial charge in [0.2, 0.25) is 0 Å². The highest BCUT2D eigenvalue weighted by Gasteiger charge is 2.25. The highest BCUT2D eigenvalue weighted by molar-refractivity contribution is 8.18. The van der Waals surface area contributed by atoms with E-state index in [0.717, 1.165) is 49.4 Å². The van der Waals surface area contributed by atoms with Gasteiger partial charge in [0.15, 0.2) is 5.82 Å². The van der Waals surface area contributed by atoms with Crippen molar-refractivity contribution in [3.8, 4) is 0 Å². The van der Waals surface area contributed by atoms with Gasteiger partial charge < -0.3 is 9.80 Å². The lowest BCUT2D eigenvalue weighted by Gasteiger charge is -2.36. The van der Waals surface area contributed by atoms with Crippen LogP contribution in [0, 0.1) is 0 Å². The average Bonchev–Trinajstić information content (AvgIpc) is 3.00. The third-order valence-electron chi connectivity index (χ3n) is 4.08. The van der Waals surface area contributed by atoms with Crippen molar-refractivity contribution < 1.29 is 9.59 Å².